The van der Waals surface area contributed by atoms with Crippen LogP contribution >= 0.6 is 11.8 Å². The SMILES string of the molecule is CSCC[C@@H](C(=O)O[C@H](C)C(=O)c1ccccc1)N1C(=O)[C@@H]2[C@@H]3C=C[C@H]([C@H]4C[C@H]34)[C@@H]2C1=O. The van der Waals surface area contributed by atoms with Crippen LogP contribution in [0.1, 0.15) is 30.1 Å². The van der Waals surface area contributed by atoms with Crippen LogP contribution in [0.15, 0.2) is 42.5 Å². The molecule has 4 aliphatic carbocycles. The molecule has 7 heteroatoms. The number of ether oxygens (including phenoxy) is 1. The Hall–Kier alpha value is -2.41. The Morgan fingerprint density at radius 2 is 1.66 bits per heavy atom. The van der Waals surface area contributed by atoms with Crippen LogP contribution in [0.4, 0.5) is 0 Å². The fourth-order valence-electron chi connectivity index (χ4n) is 6.01. The van der Waals surface area contributed by atoms with Gasteiger partial charge < -0.3 is 4.74 Å². The molecule has 1 saturated heterocycles. The van der Waals surface area contributed by atoms with Gasteiger partial charge in [-0.1, -0.05) is 42.5 Å². The summed E-state index contributed by atoms with van der Waals surface area (Å²) in [5.74, 6) is -0.360. The highest BCUT2D eigenvalue weighted by Gasteiger charge is 2.68. The number of ketones is 1. The highest BCUT2D eigenvalue weighted by molar-refractivity contribution is 7.98. The van der Waals surface area contributed by atoms with Crippen LogP contribution < -0.4 is 0 Å². The summed E-state index contributed by atoms with van der Waals surface area (Å²) in [6.07, 6.45) is 6.55. The Kier molecular flexibility index (Phi) is 5.48. The van der Waals surface area contributed by atoms with Gasteiger partial charge in [-0.25, -0.2) is 4.79 Å². The molecule has 0 unspecified atom stereocenters. The van der Waals surface area contributed by atoms with E-state index in [1.54, 1.807) is 36.0 Å². The fraction of sp³-hybridized carbons (Fsp3) is 0.520. The standard InChI is InChI=1S/C25H27NO5S/c1-13(22(27)14-6-4-3-5-7-14)31-25(30)19(10-11-32-2)26-23(28)20-15-8-9-16(18-12-17(15)18)21(20)24(26)29/h3-9,13,15-21H,10-12H2,1-2H3/t13-,15-,16-,17-,18-,19+,20-,21+/m1/s1. The number of imide groups is 1. The van der Waals surface area contributed by atoms with Crippen molar-refractivity contribution in [3.8, 4) is 0 Å². The lowest BCUT2D eigenvalue weighted by Gasteiger charge is -2.37. The molecule has 5 aliphatic rings. The number of carbonyl (C=O) groups excluding carboxylic acids is 4. The molecule has 0 aromatic heterocycles. The molecule has 0 radical (unpaired) electrons. The summed E-state index contributed by atoms with van der Waals surface area (Å²) in [5.41, 5.74) is 0.453. The lowest BCUT2D eigenvalue weighted by Crippen LogP contribution is -2.48. The van der Waals surface area contributed by atoms with Crippen molar-refractivity contribution >= 4 is 35.3 Å². The minimum atomic E-state index is -0.998. The second kappa shape index (κ2) is 8.18. The lowest BCUT2D eigenvalue weighted by atomic mass is 9.63. The van der Waals surface area contributed by atoms with Crippen molar-refractivity contribution in [2.45, 2.75) is 31.9 Å². The van der Waals surface area contributed by atoms with Gasteiger partial charge in [0, 0.05) is 5.56 Å². The first kappa shape index (κ1) is 21.4. The Morgan fingerprint density at radius 3 is 2.22 bits per heavy atom. The summed E-state index contributed by atoms with van der Waals surface area (Å²) in [6.45, 7) is 1.53. The second-order valence-electron chi connectivity index (χ2n) is 9.31. The van der Waals surface area contributed by atoms with E-state index in [1.165, 1.54) is 11.8 Å². The van der Waals surface area contributed by atoms with Crippen LogP contribution in [0.3, 0.4) is 0 Å². The number of thioether (sulfide) groups is 1. The number of hydrogen-bond acceptors (Lipinski definition) is 6. The molecule has 168 valence electrons. The molecular weight excluding hydrogens is 426 g/mol. The molecule has 2 amide bonds. The molecule has 1 aromatic carbocycles. The Morgan fingerprint density at radius 1 is 1.06 bits per heavy atom. The quantitative estimate of drug-likeness (QED) is 0.261. The molecule has 2 bridgehead atoms. The van der Waals surface area contributed by atoms with E-state index in [0.29, 0.717) is 29.6 Å². The summed E-state index contributed by atoms with van der Waals surface area (Å²) in [6, 6.07) is 7.66. The number of rotatable bonds is 8. The smallest absolute Gasteiger partial charge is 0.330 e. The monoisotopic (exact) mass is 453 g/mol. The lowest BCUT2D eigenvalue weighted by molar-refractivity contribution is -0.160. The maximum absolute atomic E-state index is 13.4. The molecule has 6 rings (SSSR count). The third kappa shape index (κ3) is 3.33. The van der Waals surface area contributed by atoms with E-state index < -0.39 is 18.1 Å². The molecule has 32 heavy (non-hydrogen) atoms. The minimum absolute atomic E-state index is 0.104. The molecule has 1 aliphatic heterocycles. The van der Waals surface area contributed by atoms with Gasteiger partial charge in [-0.05, 0) is 55.4 Å². The van der Waals surface area contributed by atoms with Crippen molar-refractivity contribution in [2.24, 2.45) is 35.5 Å². The van der Waals surface area contributed by atoms with Crippen LogP contribution in [0.25, 0.3) is 0 Å². The van der Waals surface area contributed by atoms with Gasteiger partial charge in [0.1, 0.15) is 6.04 Å². The molecule has 6 nitrogen and oxygen atoms in total. The maximum Gasteiger partial charge on any atom is 0.330 e. The zero-order valence-corrected chi connectivity index (χ0v) is 19.0. The van der Waals surface area contributed by atoms with Gasteiger partial charge >= 0.3 is 5.97 Å². The highest BCUT2D eigenvalue weighted by atomic mass is 32.2. The van der Waals surface area contributed by atoms with Crippen molar-refractivity contribution in [1.82, 2.24) is 4.90 Å². The number of likely N-dealkylation sites (tertiary alicyclic amines) is 1. The van der Waals surface area contributed by atoms with Crippen molar-refractivity contribution in [2.75, 3.05) is 12.0 Å². The fourth-order valence-corrected chi connectivity index (χ4v) is 6.47. The van der Waals surface area contributed by atoms with Crippen LogP contribution in [0.2, 0.25) is 0 Å². The third-order valence-corrected chi connectivity index (χ3v) is 8.24. The van der Waals surface area contributed by atoms with E-state index in [4.69, 9.17) is 4.74 Å². The number of Topliss-reactive ketones (excluding diaryl/α,β-unsaturated/α-hetero) is 1. The van der Waals surface area contributed by atoms with Gasteiger partial charge in [0.2, 0.25) is 17.6 Å². The molecule has 8 atom stereocenters. The Bertz CT molecular complexity index is 955. The predicted octanol–water partition coefficient (Wildman–Crippen LogP) is 2.98. The van der Waals surface area contributed by atoms with Crippen LogP contribution in [-0.2, 0) is 19.1 Å². The van der Waals surface area contributed by atoms with Gasteiger partial charge in [-0.2, -0.15) is 11.8 Å². The number of hydrogen-bond donors (Lipinski definition) is 0. The van der Waals surface area contributed by atoms with Gasteiger partial charge in [0.25, 0.3) is 0 Å². The average molecular weight is 454 g/mol. The normalized spacial score (nSPS) is 33.5. The predicted molar refractivity (Wildman–Crippen MR) is 120 cm³/mol. The minimum Gasteiger partial charge on any atom is -0.453 e. The first-order valence-corrected chi connectivity index (χ1v) is 12.7. The Labute approximate surface area is 191 Å². The number of esters is 1. The molecule has 0 spiro atoms. The summed E-state index contributed by atoms with van der Waals surface area (Å²) in [4.78, 5) is 53.9. The largest absolute Gasteiger partial charge is 0.453 e. The van der Waals surface area contributed by atoms with Gasteiger partial charge in [0.05, 0.1) is 11.8 Å². The summed E-state index contributed by atoms with van der Waals surface area (Å²) < 4.78 is 5.53. The van der Waals surface area contributed by atoms with Crippen LogP contribution in [-0.4, -0.2) is 52.6 Å². The van der Waals surface area contributed by atoms with Crippen molar-refractivity contribution in [3.63, 3.8) is 0 Å². The number of amides is 2. The maximum atomic E-state index is 13.4. The van der Waals surface area contributed by atoms with Crippen LogP contribution in [0, 0.1) is 35.5 Å². The van der Waals surface area contributed by atoms with Crippen molar-refractivity contribution in [3.05, 3.63) is 48.0 Å². The summed E-state index contributed by atoms with van der Waals surface area (Å²) >= 11 is 1.54. The van der Waals surface area contributed by atoms with E-state index >= 15 is 0 Å². The zero-order chi connectivity index (χ0) is 22.6. The highest BCUT2D eigenvalue weighted by Crippen LogP contribution is 2.65. The number of carbonyl (C=O) groups is 4. The number of benzene rings is 1. The van der Waals surface area contributed by atoms with Gasteiger partial charge in [0.15, 0.2) is 6.10 Å². The van der Waals surface area contributed by atoms with Crippen molar-refractivity contribution in [1.29, 1.82) is 0 Å². The molecule has 3 fully saturated rings. The van der Waals surface area contributed by atoms with Crippen molar-refractivity contribution < 1.29 is 23.9 Å². The zero-order valence-electron chi connectivity index (χ0n) is 18.2. The molecule has 0 N–H and O–H groups in total. The van der Waals surface area contributed by atoms with E-state index in [2.05, 4.69) is 12.2 Å². The van der Waals surface area contributed by atoms with E-state index in [0.717, 1.165) is 6.42 Å². The third-order valence-electron chi connectivity index (χ3n) is 7.60. The topological polar surface area (TPSA) is 80.8 Å². The second-order valence-corrected chi connectivity index (χ2v) is 10.3. The van der Waals surface area contributed by atoms with Gasteiger partial charge in [-0.15, -0.1) is 0 Å². The van der Waals surface area contributed by atoms with E-state index in [-0.39, 0.29) is 41.3 Å². The first-order chi connectivity index (χ1) is 15.4. The summed E-state index contributed by atoms with van der Waals surface area (Å²) in [5, 5.41) is 0. The van der Waals surface area contributed by atoms with Gasteiger partial charge in [-0.3, -0.25) is 19.3 Å². The Balaban J connectivity index is 1.36. The summed E-state index contributed by atoms with van der Waals surface area (Å²) in [7, 11) is 0. The average Bonchev–Trinajstić information content (AvgIpc) is 3.59. The molecular formula is C25H27NO5S. The van der Waals surface area contributed by atoms with E-state index in [9.17, 15) is 19.2 Å². The molecule has 1 heterocycles. The number of allylic oxidation sites excluding steroid dienone is 2. The first-order valence-electron chi connectivity index (χ1n) is 11.3. The molecule has 1 aromatic rings. The van der Waals surface area contributed by atoms with Crippen LogP contribution in [0.5, 0.6) is 0 Å². The molecule has 2 saturated carbocycles. The van der Waals surface area contributed by atoms with E-state index in [1.807, 2.05) is 12.3 Å². The number of nitrogens with zero attached hydrogens (tertiary/aromatic N) is 1.